The molecular formula is C24H26N2O4S. The van der Waals surface area contributed by atoms with Crippen molar-refractivity contribution >= 4 is 23.6 Å². The third-order valence-corrected chi connectivity index (χ3v) is 6.90. The molecule has 162 valence electrons. The van der Waals surface area contributed by atoms with E-state index in [0.717, 1.165) is 28.2 Å². The molecule has 6 nitrogen and oxygen atoms in total. The molecular weight excluding hydrogens is 412 g/mol. The first kappa shape index (κ1) is 21.6. The van der Waals surface area contributed by atoms with Crippen molar-refractivity contribution in [3.8, 4) is 0 Å². The summed E-state index contributed by atoms with van der Waals surface area (Å²) < 4.78 is 0. The summed E-state index contributed by atoms with van der Waals surface area (Å²) in [6.07, 6.45) is -0.499. The normalized spacial score (nSPS) is 19.5. The molecule has 0 aromatic heterocycles. The number of carbonyl (C=O) groups is 2. The molecule has 2 aliphatic heterocycles. The first-order valence-corrected chi connectivity index (χ1v) is 11.4. The Morgan fingerprint density at radius 3 is 2.32 bits per heavy atom. The summed E-state index contributed by atoms with van der Waals surface area (Å²) in [4.78, 5) is 27.4. The van der Waals surface area contributed by atoms with E-state index in [1.807, 2.05) is 42.5 Å². The molecule has 0 radical (unpaired) electrons. The number of aliphatic hydroxyl groups is 2. The van der Waals surface area contributed by atoms with E-state index in [-0.39, 0.29) is 6.54 Å². The number of rotatable bonds is 7. The van der Waals surface area contributed by atoms with Crippen LogP contribution in [0.25, 0.3) is 0 Å². The lowest BCUT2D eigenvalue weighted by Crippen LogP contribution is -2.49. The summed E-state index contributed by atoms with van der Waals surface area (Å²) in [5.41, 5.74) is 3.30. The molecule has 2 aromatic rings. The lowest BCUT2D eigenvalue weighted by molar-refractivity contribution is -0.153. The van der Waals surface area contributed by atoms with Crippen molar-refractivity contribution in [2.45, 2.75) is 31.7 Å². The van der Waals surface area contributed by atoms with Gasteiger partial charge in [-0.3, -0.25) is 9.59 Å². The van der Waals surface area contributed by atoms with Crippen LogP contribution >= 0.6 is 11.8 Å². The van der Waals surface area contributed by atoms with Gasteiger partial charge in [-0.2, -0.15) is 0 Å². The molecule has 31 heavy (non-hydrogen) atoms. The Hall–Kier alpha value is -2.61. The van der Waals surface area contributed by atoms with E-state index < -0.39 is 24.0 Å². The predicted octanol–water partition coefficient (Wildman–Crippen LogP) is 1.86. The molecule has 7 heteroatoms. The van der Waals surface area contributed by atoms with Crippen LogP contribution in [-0.4, -0.2) is 51.4 Å². The van der Waals surface area contributed by atoms with Crippen molar-refractivity contribution in [3.63, 3.8) is 0 Å². The number of carbonyl (C=O) groups excluding carboxylic acids is 2. The van der Waals surface area contributed by atoms with Gasteiger partial charge < -0.3 is 20.4 Å². The van der Waals surface area contributed by atoms with Gasteiger partial charge in [-0.05, 0) is 29.0 Å². The quantitative estimate of drug-likeness (QED) is 0.614. The van der Waals surface area contributed by atoms with Gasteiger partial charge in [0.1, 0.15) is 0 Å². The Labute approximate surface area is 186 Å². The number of hydrogen-bond donors (Lipinski definition) is 3. The van der Waals surface area contributed by atoms with Gasteiger partial charge >= 0.3 is 0 Å². The fourth-order valence-corrected chi connectivity index (χ4v) is 5.06. The minimum atomic E-state index is -1.80. The molecule has 2 aromatic carbocycles. The minimum absolute atomic E-state index is 0.280. The molecule has 2 heterocycles. The smallest absolute Gasteiger partial charge is 0.255 e. The number of thioether (sulfide) groups is 1. The number of aliphatic hydroxyl groups excluding tert-OH is 2. The van der Waals surface area contributed by atoms with Crippen molar-refractivity contribution in [2.24, 2.45) is 5.92 Å². The van der Waals surface area contributed by atoms with Gasteiger partial charge in [0.05, 0.1) is 0 Å². The van der Waals surface area contributed by atoms with E-state index in [2.05, 4.69) is 23.5 Å². The highest BCUT2D eigenvalue weighted by molar-refractivity contribution is 8.03. The average Bonchev–Trinajstić information content (AvgIpc) is 3.43. The second-order valence-corrected chi connectivity index (χ2v) is 9.11. The van der Waals surface area contributed by atoms with Gasteiger partial charge in [0.25, 0.3) is 11.8 Å². The van der Waals surface area contributed by atoms with Gasteiger partial charge in [0, 0.05) is 30.3 Å². The van der Waals surface area contributed by atoms with E-state index in [9.17, 15) is 19.8 Å². The predicted molar refractivity (Wildman–Crippen MR) is 120 cm³/mol. The van der Waals surface area contributed by atoms with Gasteiger partial charge in [0.2, 0.25) is 0 Å². The summed E-state index contributed by atoms with van der Waals surface area (Å²) in [7, 11) is 0. The van der Waals surface area contributed by atoms with Crippen LogP contribution in [0.4, 0.5) is 0 Å². The third-order valence-electron chi connectivity index (χ3n) is 5.66. The zero-order valence-electron chi connectivity index (χ0n) is 17.1. The van der Waals surface area contributed by atoms with Gasteiger partial charge in [0.15, 0.2) is 12.2 Å². The van der Waals surface area contributed by atoms with Gasteiger partial charge in [-0.1, -0.05) is 60.7 Å². The Morgan fingerprint density at radius 2 is 1.65 bits per heavy atom. The molecule has 0 fully saturated rings. The maximum atomic E-state index is 12.6. The molecule has 3 N–H and O–H groups in total. The maximum Gasteiger partial charge on any atom is 0.255 e. The fourth-order valence-electron chi connectivity index (χ4n) is 3.95. The highest BCUT2D eigenvalue weighted by Crippen LogP contribution is 2.30. The third kappa shape index (κ3) is 5.18. The molecule has 0 saturated carbocycles. The molecule has 0 saturated heterocycles. The second-order valence-electron chi connectivity index (χ2n) is 7.96. The Kier molecular flexibility index (Phi) is 6.75. The van der Waals surface area contributed by atoms with Crippen LogP contribution in [0.1, 0.15) is 16.7 Å². The first-order valence-electron chi connectivity index (χ1n) is 10.4. The summed E-state index contributed by atoms with van der Waals surface area (Å²) in [6.45, 7) is 1.02. The van der Waals surface area contributed by atoms with E-state index >= 15 is 0 Å². The minimum Gasteiger partial charge on any atom is -0.380 e. The summed E-state index contributed by atoms with van der Waals surface area (Å²) in [6, 6.07) is 17.9. The highest BCUT2D eigenvalue weighted by Gasteiger charge is 2.35. The van der Waals surface area contributed by atoms with Crippen molar-refractivity contribution < 1.29 is 19.8 Å². The van der Waals surface area contributed by atoms with E-state index in [1.54, 1.807) is 11.8 Å². The van der Waals surface area contributed by atoms with E-state index in [1.165, 1.54) is 10.5 Å². The molecule has 3 atom stereocenters. The largest absolute Gasteiger partial charge is 0.380 e. The zero-order valence-corrected chi connectivity index (χ0v) is 17.9. The first-order chi connectivity index (χ1) is 15.0. The fraction of sp³-hybridized carbons (Fsp3) is 0.333. The molecule has 2 amide bonds. The number of nitrogens with one attached hydrogen (secondary N) is 1. The van der Waals surface area contributed by atoms with Crippen molar-refractivity contribution in [1.29, 1.82) is 0 Å². The highest BCUT2D eigenvalue weighted by atomic mass is 32.2. The summed E-state index contributed by atoms with van der Waals surface area (Å²) in [5.74, 6) is -0.0470. The van der Waals surface area contributed by atoms with Crippen LogP contribution in [-0.2, 0) is 29.1 Å². The number of nitrogens with zero attached hydrogens (tertiary/aromatic N) is 1. The molecule has 2 aliphatic rings. The van der Waals surface area contributed by atoms with Crippen LogP contribution < -0.4 is 5.32 Å². The standard InChI is InChI=1S/C24H26N2O4S/c27-21(22(28)24(30)26-13-18-8-4-5-9-19(18)14-26)23(29)25-12-20-11-17(15-31-20)10-16-6-2-1-3-7-16/h1-9,11,17,21-22,27-28H,10,12-15H2,(H,25,29)/t17?,21-,22-/m1/s1. The number of fused-ring (bicyclic) bond motifs is 1. The molecule has 0 bridgehead atoms. The molecule has 1 unspecified atom stereocenters. The SMILES string of the molecule is O=C(NCC1=CC(Cc2ccccc2)CS1)[C@H](O)[C@@H](O)C(=O)N1Cc2ccccc2C1. The zero-order chi connectivity index (χ0) is 21.8. The van der Waals surface area contributed by atoms with Crippen LogP contribution in [0, 0.1) is 5.92 Å². The molecule has 4 rings (SSSR count). The van der Waals surface area contributed by atoms with E-state index in [4.69, 9.17) is 0 Å². The summed E-state index contributed by atoms with van der Waals surface area (Å²) >= 11 is 1.68. The Bertz CT molecular complexity index is 954. The van der Waals surface area contributed by atoms with Crippen LogP contribution in [0.5, 0.6) is 0 Å². The lowest BCUT2D eigenvalue weighted by Gasteiger charge is -2.22. The van der Waals surface area contributed by atoms with Crippen molar-refractivity contribution in [1.82, 2.24) is 10.2 Å². The number of allylic oxidation sites excluding steroid dienone is 1. The maximum absolute atomic E-state index is 12.6. The lowest BCUT2D eigenvalue weighted by atomic mass is 10.0. The van der Waals surface area contributed by atoms with Crippen molar-refractivity contribution in [2.75, 3.05) is 12.3 Å². The van der Waals surface area contributed by atoms with Gasteiger partial charge in [-0.15, -0.1) is 11.8 Å². The molecule has 0 aliphatic carbocycles. The summed E-state index contributed by atoms with van der Waals surface area (Å²) in [5, 5.41) is 23.1. The average molecular weight is 439 g/mol. The molecule has 0 spiro atoms. The monoisotopic (exact) mass is 438 g/mol. The topological polar surface area (TPSA) is 89.9 Å². The Balaban J connectivity index is 1.26. The Morgan fingerprint density at radius 1 is 1.00 bits per heavy atom. The number of amides is 2. The van der Waals surface area contributed by atoms with Crippen molar-refractivity contribution in [3.05, 3.63) is 82.3 Å². The van der Waals surface area contributed by atoms with Crippen LogP contribution in [0.3, 0.4) is 0 Å². The van der Waals surface area contributed by atoms with Crippen LogP contribution in [0.2, 0.25) is 0 Å². The number of benzene rings is 2. The van der Waals surface area contributed by atoms with E-state index in [0.29, 0.717) is 19.0 Å². The second kappa shape index (κ2) is 9.68. The van der Waals surface area contributed by atoms with Crippen LogP contribution in [0.15, 0.2) is 65.6 Å². The van der Waals surface area contributed by atoms with Gasteiger partial charge in [-0.25, -0.2) is 0 Å². The number of hydrogen-bond acceptors (Lipinski definition) is 5.